The summed E-state index contributed by atoms with van der Waals surface area (Å²) in [6.07, 6.45) is 2.11. The number of aliphatic hydroxyl groups excluding tert-OH is 1. The highest BCUT2D eigenvalue weighted by Gasteiger charge is 2.74. The van der Waals surface area contributed by atoms with Crippen molar-refractivity contribution in [1.29, 1.82) is 0 Å². The normalized spacial score (nSPS) is 44.8. The van der Waals surface area contributed by atoms with Gasteiger partial charge in [-0.3, -0.25) is 4.79 Å². The van der Waals surface area contributed by atoms with Crippen molar-refractivity contribution >= 4 is 17.8 Å². The Bertz CT molecular complexity index is 908. The molecule has 5 heterocycles. The first-order chi connectivity index (χ1) is 12.5. The second kappa shape index (κ2) is 4.14. The first-order valence-corrected chi connectivity index (χ1v) is 8.87. The van der Waals surface area contributed by atoms with Gasteiger partial charge in [0.15, 0.2) is 30.0 Å². The zero-order valence-corrected chi connectivity index (χ0v) is 14.0. The third-order valence-electron chi connectivity index (χ3n) is 6.87. The molecule has 1 aliphatic carbocycles. The molecule has 4 aliphatic heterocycles. The van der Waals surface area contributed by atoms with Crippen LogP contribution in [0.15, 0.2) is 28.3 Å². The summed E-state index contributed by atoms with van der Waals surface area (Å²) in [7, 11) is 0. The molecule has 1 amide bonds. The molecule has 1 aromatic rings. The van der Waals surface area contributed by atoms with Gasteiger partial charge >= 0.3 is 0 Å². The van der Waals surface area contributed by atoms with Crippen molar-refractivity contribution < 1.29 is 9.90 Å². The molecule has 1 saturated heterocycles. The van der Waals surface area contributed by atoms with Crippen LogP contribution >= 0.6 is 0 Å². The maximum Gasteiger partial charge on any atom is 0.272 e. The zero-order valence-electron chi connectivity index (χ0n) is 14.0. The standard InChI is InChI=1S/C16H20N8O2/c17-13-19-11-16(22-13)9-7(3-4-15(9)12(26)20-14(18)21-15)6-24(16)10(25)8-2-1-5-23(8)11/h1-2,5,7,9,11-12,26H,3-4,6H2,(H3,17,19,22)(H3,18,20,21)/t7-,9-,11-,12-,15+,16+/m0/s1. The van der Waals surface area contributed by atoms with Crippen LogP contribution in [-0.2, 0) is 0 Å². The largest absolute Gasteiger partial charge is 0.370 e. The monoisotopic (exact) mass is 356 g/mol. The lowest BCUT2D eigenvalue weighted by Gasteiger charge is -2.50. The zero-order chi connectivity index (χ0) is 17.8. The van der Waals surface area contributed by atoms with Gasteiger partial charge in [-0.1, -0.05) is 0 Å². The molecule has 0 bridgehead atoms. The smallest absolute Gasteiger partial charge is 0.272 e. The number of aliphatic hydroxyl groups is 1. The number of hydrogen-bond acceptors (Lipinski definition) is 8. The highest BCUT2D eigenvalue weighted by Crippen LogP contribution is 2.60. The minimum Gasteiger partial charge on any atom is -0.370 e. The molecule has 5 aliphatic rings. The first-order valence-electron chi connectivity index (χ1n) is 8.87. The number of nitrogens with two attached hydrogens (primary N) is 2. The van der Waals surface area contributed by atoms with Gasteiger partial charge in [0.2, 0.25) is 0 Å². The number of aliphatic imine (C=N–C) groups is 2. The van der Waals surface area contributed by atoms with E-state index >= 15 is 0 Å². The summed E-state index contributed by atoms with van der Waals surface area (Å²) >= 11 is 0. The maximum atomic E-state index is 13.2. The van der Waals surface area contributed by atoms with Gasteiger partial charge in [0.05, 0.1) is 5.54 Å². The van der Waals surface area contributed by atoms with Crippen LogP contribution in [0, 0.1) is 11.8 Å². The fourth-order valence-corrected chi connectivity index (χ4v) is 6.11. The van der Waals surface area contributed by atoms with E-state index in [9.17, 15) is 9.90 Å². The number of aromatic nitrogens is 1. The Hall–Kier alpha value is -2.75. The topological polar surface area (TPSA) is 146 Å². The van der Waals surface area contributed by atoms with Gasteiger partial charge in [-0.15, -0.1) is 0 Å². The van der Waals surface area contributed by atoms with Crippen LogP contribution in [0.4, 0.5) is 0 Å². The van der Waals surface area contributed by atoms with Crippen molar-refractivity contribution in [1.82, 2.24) is 20.1 Å². The summed E-state index contributed by atoms with van der Waals surface area (Å²) in [5, 5.41) is 17.3. The molecular formula is C16H20N8O2. The van der Waals surface area contributed by atoms with Crippen molar-refractivity contribution in [3.63, 3.8) is 0 Å². The number of nitrogens with one attached hydrogen (secondary N) is 2. The number of hydrogen-bond donors (Lipinski definition) is 5. The maximum absolute atomic E-state index is 13.2. The molecule has 6 atom stereocenters. The average Bonchev–Trinajstić information content (AvgIpc) is 3.34. The Morgan fingerprint density at radius 2 is 2.08 bits per heavy atom. The fraction of sp³-hybridized carbons (Fsp3) is 0.562. The van der Waals surface area contributed by atoms with E-state index in [0.717, 1.165) is 12.8 Å². The quantitative estimate of drug-likeness (QED) is 0.366. The molecule has 0 radical (unpaired) electrons. The lowest BCUT2D eigenvalue weighted by molar-refractivity contribution is -0.0277. The molecule has 26 heavy (non-hydrogen) atoms. The minimum atomic E-state index is -0.961. The molecule has 6 rings (SSSR count). The molecule has 2 spiro atoms. The van der Waals surface area contributed by atoms with Crippen LogP contribution in [0.3, 0.4) is 0 Å². The van der Waals surface area contributed by atoms with Crippen LogP contribution in [0.2, 0.25) is 0 Å². The van der Waals surface area contributed by atoms with Gasteiger partial charge in [0.25, 0.3) is 5.91 Å². The molecule has 0 unspecified atom stereocenters. The van der Waals surface area contributed by atoms with Gasteiger partial charge in [0, 0.05) is 18.7 Å². The summed E-state index contributed by atoms with van der Waals surface area (Å²) in [4.78, 5) is 23.8. The van der Waals surface area contributed by atoms with E-state index in [1.165, 1.54) is 0 Å². The number of guanidine groups is 2. The average molecular weight is 356 g/mol. The molecular weight excluding hydrogens is 336 g/mol. The lowest BCUT2D eigenvalue weighted by atomic mass is 9.74. The number of nitrogens with zero attached hydrogens (tertiary/aromatic N) is 4. The number of fused-ring (bicyclic) bond motifs is 4. The summed E-state index contributed by atoms with van der Waals surface area (Å²) in [5.41, 5.74) is 11.1. The van der Waals surface area contributed by atoms with Gasteiger partial charge < -0.3 is 36.7 Å². The predicted octanol–water partition coefficient (Wildman–Crippen LogP) is -1.93. The summed E-state index contributed by atoms with van der Waals surface area (Å²) in [6, 6.07) is 3.66. The summed E-state index contributed by atoms with van der Waals surface area (Å²) in [5.74, 6) is 0.556. The van der Waals surface area contributed by atoms with Gasteiger partial charge in [-0.05, 0) is 30.9 Å². The van der Waals surface area contributed by atoms with Crippen LogP contribution in [-0.4, -0.2) is 56.4 Å². The van der Waals surface area contributed by atoms with Crippen LogP contribution in [0.1, 0.15) is 29.5 Å². The highest BCUT2D eigenvalue weighted by atomic mass is 16.3. The van der Waals surface area contributed by atoms with Crippen LogP contribution in [0.25, 0.3) is 0 Å². The number of carbonyl (C=O) groups is 1. The Morgan fingerprint density at radius 1 is 1.27 bits per heavy atom. The molecule has 10 heteroatoms. The van der Waals surface area contributed by atoms with E-state index in [4.69, 9.17) is 11.5 Å². The molecule has 10 nitrogen and oxygen atoms in total. The third kappa shape index (κ3) is 1.32. The predicted molar refractivity (Wildman–Crippen MR) is 91.7 cm³/mol. The Kier molecular flexibility index (Phi) is 2.30. The summed E-state index contributed by atoms with van der Waals surface area (Å²) in [6.45, 7) is 0.594. The van der Waals surface area contributed by atoms with Crippen LogP contribution < -0.4 is 22.1 Å². The van der Waals surface area contributed by atoms with E-state index in [-0.39, 0.29) is 29.9 Å². The van der Waals surface area contributed by atoms with Crippen molar-refractivity contribution in [2.45, 2.75) is 36.4 Å². The number of amides is 1. The molecule has 136 valence electrons. The second-order valence-electron chi connectivity index (χ2n) is 7.88. The Morgan fingerprint density at radius 3 is 2.85 bits per heavy atom. The summed E-state index contributed by atoms with van der Waals surface area (Å²) < 4.78 is 1.88. The fourth-order valence-electron chi connectivity index (χ4n) is 6.11. The highest BCUT2D eigenvalue weighted by molar-refractivity contribution is 5.96. The number of carbonyl (C=O) groups excluding carboxylic acids is 1. The lowest BCUT2D eigenvalue weighted by Crippen LogP contribution is -2.72. The molecule has 0 aromatic carbocycles. The SMILES string of the molecule is NC1=N[C@@H](O)[C@]2(CC[C@H]3CN4C(=O)c5cccn5[C@@H]5N=C(N)N[C@@]54[C@@H]32)N1. The van der Waals surface area contributed by atoms with Crippen molar-refractivity contribution in [3.8, 4) is 0 Å². The second-order valence-corrected chi connectivity index (χ2v) is 7.88. The van der Waals surface area contributed by atoms with Gasteiger partial charge in [-0.25, -0.2) is 9.98 Å². The van der Waals surface area contributed by atoms with E-state index in [2.05, 4.69) is 20.6 Å². The molecule has 1 aromatic heterocycles. The van der Waals surface area contributed by atoms with Gasteiger partial charge in [0.1, 0.15) is 5.69 Å². The van der Waals surface area contributed by atoms with Crippen LogP contribution in [0.5, 0.6) is 0 Å². The Balaban J connectivity index is 1.57. The van der Waals surface area contributed by atoms with E-state index in [1.54, 1.807) is 0 Å². The van der Waals surface area contributed by atoms with Crippen molar-refractivity contribution in [3.05, 3.63) is 24.0 Å². The first kappa shape index (κ1) is 14.4. The molecule has 7 N–H and O–H groups in total. The van der Waals surface area contributed by atoms with Gasteiger partial charge in [-0.2, -0.15) is 0 Å². The van der Waals surface area contributed by atoms with E-state index in [0.29, 0.717) is 18.2 Å². The van der Waals surface area contributed by atoms with E-state index < -0.39 is 17.4 Å². The molecule has 2 fully saturated rings. The van der Waals surface area contributed by atoms with E-state index in [1.807, 2.05) is 27.8 Å². The number of rotatable bonds is 0. The molecule has 1 saturated carbocycles. The minimum absolute atomic E-state index is 0.0467. The van der Waals surface area contributed by atoms with Crippen molar-refractivity contribution in [2.24, 2.45) is 33.3 Å². The third-order valence-corrected chi connectivity index (χ3v) is 6.87. The van der Waals surface area contributed by atoms with Crippen molar-refractivity contribution in [2.75, 3.05) is 6.54 Å². The Labute approximate surface area is 148 Å².